The van der Waals surface area contributed by atoms with Crippen molar-refractivity contribution in [3.63, 3.8) is 0 Å². The van der Waals surface area contributed by atoms with E-state index in [0.29, 0.717) is 16.5 Å². The predicted octanol–water partition coefficient (Wildman–Crippen LogP) is 2.33. The van der Waals surface area contributed by atoms with E-state index in [-0.39, 0.29) is 18.4 Å². The molecule has 1 saturated heterocycles. The second-order valence-corrected chi connectivity index (χ2v) is 5.71. The fraction of sp³-hybridized carbons (Fsp3) is 0.467. The molecule has 1 unspecified atom stereocenters. The van der Waals surface area contributed by atoms with Crippen molar-refractivity contribution in [1.82, 2.24) is 10.2 Å². The lowest BCUT2D eigenvalue weighted by atomic mass is 10.0. The van der Waals surface area contributed by atoms with E-state index in [1.165, 1.54) is 6.42 Å². The fourth-order valence-electron chi connectivity index (χ4n) is 2.39. The van der Waals surface area contributed by atoms with Crippen LogP contribution in [0, 0.1) is 5.92 Å². The Balaban J connectivity index is 1.83. The molecule has 1 fully saturated rings. The molecule has 1 N–H and O–H groups in total. The van der Waals surface area contributed by atoms with E-state index >= 15 is 0 Å². The van der Waals surface area contributed by atoms with Gasteiger partial charge in [0.15, 0.2) is 0 Å². The van der Waals surface area contributed by atoms with Crippen LogP contribution in [-0.2, 0) is 4.79 Å². The predicted molar refractivity (Wildman–Crippen MR) is 78.8 cm³/mol. The van der Waals surface area contributed by atoms with E-state index in [4.69, 9.17) is 11.6 Å². The van der Waals surface area contributed by atoms with Crippen molar-refractivity contribution in [3.05, 3.63) is 34.9 Å². The van der Waals surface area contributed by atoms with Crippen LogP contribution in [0.15, 0.2) is 24.3 Å². The summed E-state index contributed by atoms with van der Waals surface area (Å²) in [6, 6.07) is 6.60. The van der Waals surface area contributed by atoms with Gasteiger partial charge in [0, 0.05) is 23.7 Å². The summed E-state index contributed by atoms with van der Waals surface area (Å²) in [6.07, 6.45) is 2.21. The molecule has 0 bridgehead atoms. The van der Waals surface area contributed by atoms with Gasteiger partial charge in [0.05, 0.1) is 6.54 Å². The van der Waals surface area contributed by atoms with Gasteiger partial charge in [-0.15, -0.1) is 0 Å². The van der Waals surface area contributed by atoms with Crippen molar-refractivity contribution in [3.8, 4) is 0 Å². The molecule has 1 atom stereocenters. The largest absolute Gasteiger partial charge is 0.343 e. The minimum absolute atomic E-state index is 0.0149. The van der Waals surface area contributed by atoms with Crippen molar-refractivity contribution < 1.29 is 9.59 Å². The quantitative estimate of drug-likeness (QED) is 0.930. The Morgan fingerprint density at radius 1 is 1.35 bits per heavy atom. The van der Waals surface area contributed by atoms with Crippen LogP contribution in [0.3, 0.4) is 0 Å². The summed E-state index contributed by atoms with van der Waals surface area (Å²) in [6.45, 7) is 3.77. The first-order valence-electron chi connectivity index (χ1n) is 6.88. The molecule has 0 aromatic heterocycles. The van der Waals surface area contributed by atoms with Gasteiger partial charge in [-0.1, -0.05) is 18.5 Å². The molecule has 0 aliphatic carbocycles. The van der Waals surface area contributed by atoms with Crippen LogP contribution in [0.2, 0.25) is 5.02 Å². The highest BCUT2D eigenvalue weighted by Gasteiger charge is 2.21. The Bertz CT molecular complexity index is 487. The average Bonchev–Trinajstić information content (AvgIpc) is 2.45. The molecule has 2 amide bonds. The second-order valence-electron chi connectivity index (χ2n) is 5.28. The van der Waals surface area contributed by atoms with Gasteiger partial charge >= 0.3 is 0 Å². The third-order valence-electron chi connectivity index (χ3n) is 3.52. The van der Waals surface area contributed by atoms with Gasteiger partial charge < -0.3 is 10.2 Å². The first kappa shape index (κ1) is 14.9. The highest BCUT2D eigenvalue weighted by molar-refractivity contribution is 6.30. The number of piperidine rings is 1. The Labute approximate surface area is 124 Å². The van der Waals surface area contributed by atoms with Crippen molar-refractivity contribution in [2.45, 2.75) is 19.8 Å². The van der Waals surface area contributed by atoms with E-state index in [9.17, 15) is 9.59 Å². The number of amides is 2. The molecule has 1 aromatic rings. The van der Waals surface area contributed by atoms with Crippen LogP contribution < -0.4 is 5.32 Å². The van der Waals surface area contributed by atoms with E-state index in [1.54, 1.807) is 24.3 Å². The van der Waals surface area contributed by atoms with Crippen LogP contribution >= 0.6 is 11.6 Å². The lowest BCUT2D eigenvalue weighted by molar-refractivity contribution is -0.131. The second kappa shape index (κ2) is 6.75. The molecule has 1 aliphatic heterocycles. The average molecular weight is 295 g/mol. The van der Waals surface area contributed by atoms with Gasteiger partial charge in [-0.05, 0) is 43.0 Å². The maximum atomic E-state index is 12.0. The monoisotopic (exact) mass is 294 g/mol. The zero-order valence-electron chi connectivity index (χ0n) is 11.6. The Kier molecular flexibility index (Phi) is 5.01. The van der Waals surface area contributed by atoms with E-state index in [2.05, 4.69) is 12.2 Å². The molecule has 1 heterocycles. The molecule has 4 nitrogen and oxygen atoms in total. The minimum atomic E-state index is -0.250. The molecule has 1 aromatic carbocycles. The smallest absolute Gasteiger partial charge is 0.251 e. The first-order chi connectivity index (χ1) is 9.56. The molecule has 20 heavy (non-hydrogen) atoms. The maximum Gasteiger partial charge on any atom is 0.251 e. The number of halogens is 1. The van der Waals surface area contributed by atoms with Crippen LogP contribution in [0.5, 0.6) is 0 Å². The van der Waals surface area contributed by atoms with Crippen LogP contribution in [0.4, 0.5) is 0 Å². The van der Waals surface area contributed by atoms with Gasteiger partial charge in [0.25, 0.3) is 5.91 Å². The summed E-state index contributed by atoms with van der Waals surface area (Å²) < 4.78 is 0. The summed E-state index contributed by atoms with van der Waals surface area (Å²) in [4.78, 5) is 25.7. The van der Waals surface area contributed by atoms with Crippen molar-refractivity contribution in [2.75, 3.05) is 19.6 Å². The van der Waals surface area contributed by atoms with Crippen molar-refractivity contribution >= 4 is 23.4 Å². The highest BCUT2D eigenvalue weighted by atomic mass is 35.5. The lowest BCUT2D eigenvalue weighted by Crippen LogP contribution is -2.44. The molecular weight excluding hydrogens is 276 g/mol. The summed E-state index contributed by atoms with van der Waals surface area (Å²) in [5.41, 5.74) is 0.509. The molecule has 2 rings (SSSR count). The number of rotatable bonds is 3. The number of benzene rings is 1. The summed E-state index contributed by atoms with van der Waals surface area (Å²) >= 11 is 5.77. The molecule has 5 heteroatoms. The number of nitrogens with zero attached hydrogens (tertiary/aromatic N) is 1. The third kappa shape index (κ3) is 3.97. The number of carbonyl (C=O) groups is 2. The van der Waals surface area contributed by atoms with Crippen LogP contribution in [-0.4, -0.2) is 36.3 Å². The topological polar surface area (TPSA) is 49.4 Å². The van der Waals surface area contributed by atoms with Crippen LogP contribution in [0.1, 0.15) is 30.1 Å². The van der Waals surface area contributed by atoms with E-state index < -0.39 is 0 Å². The summed E-state index contributed by atoms with van der Waals surface area (Å²) in [5.74, 6) is 0.276. The maximum absolute atomic E-state index is 12.0. The van der Waals surface area contributed by atoms with Gasteiger partial charge in [0.1, 0.15) is 0 Å². The Morgan fingerprint density at radius 3 is 2.70 bits per heavy atom. The summed E-state index contributed by atoms with van der Waals surface area (Å²) in [5, 5.41) is 3.24. The van der Waals surface area contributed by atoms with Crippen molar-refractivity contribution in [1.29, 1.82) is 0 Å². The minimum Gasteiger partial charge on any atom is -0.343 e. The van der Waals surface area contributed by atoms with E-state index in [0.717, 1.165) is 19.5 Å². The standard InChI is InChI=1S/C15H19ClN2O2/c1-11-3-2-8-18(10-11)14(19)9-17-15(20)12-4-6-13(16)7-5-12/h4-7,11H,2-3,8-10H2,1H3,(H,17,20). The van der Waals surface area contributed by atoms with E-state index in [1.807, 2.05) is 4.90 Å². The Hall–Kier alpha value is -1.55. The van der Waals surface area contributed by atoms with Gasteiger partial charge in [0.2, 0.25) is 5.91 Å². The van der Waals surface area contributed by atoms with Gasteiger partial charge in [-0.2, -0.15) is 0 Å². The molecular formula is C15H19ClN2O2. The normalized spacial score (nSPS) is 18.7. The molecule has 1 aliphatic rings. The zero-order valence-corrected chi connectivity index (χ0v) is 12.3. The molecule has 0 saturated carbocycles. The molecule has 0 spiro atoms. The third-order valence-corrected chi connectivity index (χ3v) is 3.77. The Morgan fingerprint density at radius 2 is 2.05 bits per heavy atom. The number of hydrogen-bond donors (Lipinski definition) is 1. The highest BCUT2D eigenvalue weighted by Crippen LogP contribution is 2.15. The first-order valence-corrected chi connectivity index (χ1v) is 7.25. The van der Waals surface area contributed by atoms with Gasteiger partial charge in [-0.3, -0.25) is 9.59 Å². The van der Waals surface area contributed by atoms with Crippen LogP contribution in [0.25, 0.3) is 0 Å². The molecule has 108 valence electrons. The SMILES string of the molecule is CC1CCCN(C(=O)CNC(=O)c2ccc(Cl)cc2)C1. The van der Waals surface area contributed by atoms with Crippen molar-refractivity contribution in [2.24, 2.45) is 5.92 Å². The molecule has 0 radical (unpaired) electrons. The zero-order chi connectivity index (χ0) is 14.5. The number of hydrogen-bond acceptors (Lipinski definition) is 2. The fourth-order valence-corrected chi connectivity index (χ4v) is 2.51. The van der Waals surface area contributed by atoms with Gasteiger partial charge in [-0.25, -0.2) is 0 Å². The number of likely N-dealkylation sites (tertiary alicyclic amines) is 1. The number of carbonyl (C=O) groups excluding carboxylic acids is 2. The summed E-state index contributed by atoms with van der Waals surface area (Å²) in [7, 11) is 0. The lowest BCUT2D eigenvalue weighted by Gasteiger charge is -2.31. The number of nitrogens with one attached hydrogen (secondary N) is 1.